The molecule has 0 radical (unpaired) electrons. The summed E-state index contributed by atoms with van der Waals surface area (Å²) in [6.45, 7) is -0.0671. The number of furan rings is 2. The Labute approximate surface area is 101 Å². The number of cyclic esters (lactones) is 2. The van der Waals surface area contributed by atoms with Crippen LogP contribution >= 0.6 is 0 Å². The molecule has 0 amide bonds. The monoisotopic (exact) mass is 248 g/mol. The Kier molecular flexibility index (Phi) is 2.40. The maximum atomic E-state index is 11.5. The fraction of sp³-hybridized carbons (Fsp3) is 0.167. The van der Waals surface area contributed by atoms with Gasteiger partial charge in [0.2, 0.25) is 11.5 Å². The van der Waals surface area contributed by atoms with E-state index < -0.39 is 11.9 Å². The lowest BCUT2D eigenvalue weighted by molar-refractivity contribution is 0.0227. The van der Waals surface area contributed by atoms with E-state index in [1.807, 2.05) is 0 Å². The molecule has 4 bridgehead atoms. The van der Waals surface area contributed by atoms with Crippen LogP contribution in [-0.4, -0.2) is 25.2 Å². The molecule has 2 aromatic heterocycles. The van der Waals surface area contributed by atoms with Gasteiger partial charge in [0.05, 0.1) is 0 Å². The minimum Gasteiger partial charge on any atom is -0.456 e. The number of carbonyl (C=O) groups excluding carboxylic acids is 2. The summed E-state index contributed by atoms with van der Waals surface area (Å²) in [6, 6.07) is 6.12. The Morgan fingerprint density at radius 3 is 1.50 bits per heavy atom. The Morgan fingerprint density at radius 1 is 0.667 bits per heavy atom. The molecule has 6 nitrogen and oxygen atoms in total. The van der Waals surface area contributed by atoms with Crippen molar-refractivity contribution < 1.29 is 27.9 Å². The van der Waals surface area contributed by atoms with Gasteiger partial charge in [-0.25, -0.2) is 9.59 Å². The summed E-state index contributed by atoms with van der Waals surface area (Å²) in [5, 5.41) is 0. The van der Waals surface area contributed by atoms with E-state index in [4.69, 9.17) is 18.3 Å². The van der Waals surface area contributed by atoms with Crippen LogP contribution in [0, 0.1) is 0 Å². The zero-order valence-corrected chi connectivity index (χ0v) is 9.17. The Morgan fingerprint density at radius 2 is 1.06 bits per heavy atom. The second-order valence-corrected chi connectivity index (χ2v) is 3.60. The van der Waals surface area contributed by atoms with Crippen LogP contribution < -0.4 is 0 Å². The lowest BCUT2D eigenvalue weighted by Crippen LogP contribution is -2.13. The summed E-state index contributed by atoms with van der Waals surface area (Å²) in [4.78, 5) is 23.0. The van der Waals surface area contributed by atoms with Crippen molar-refractivity contribution in [2.75, 3.05) is 13.2 Å². The summed E-state index contributed by atoms with van der Waals surface area (Å²) in [5.41, 5.74) is 0. The molecule has 0 atom stereocenters. The van der Waals surface area contributed by atoms with Crippen LogP contribution in [-0.2, 0) is 9.47 Å². The van der Waals surface area contributed by atoms with Gasteiger partial charge in [-0.1, -0.05) is 0 Å². The van der Waals surface area contributed by atoms with Gasteiger partial charge in [0.1, 0.15) is 13.2 Å². The normalized spacial score (nSPS) is 15.3. The largest absolute Gasteiger partial charge is 0.456 e. The molecule has 3 heterocycles. The van der Waals surface area contributed by atoms with Crippen molar-refractivity contribution in [3.05, 3.63) is 35.8 Å². The zero-order valence-electron chi connectivity index (χ0n) is 9.17. The van der Waals surface area contributed by atoms with Gasteiger partial charge in [0, 0.05) is 0 Å². The van der Waals surface area contributed by atoms with Crippen molar-refractivity contribution in [2.24, 2.45) is 0 Å². The second-order valence-electron chi connectivity index (χ2n) is 3.60. The van der Waals surface area contributed by atoms with Crippen LogP contribution in [0.4, 0.5) is 0 Å². The molecule has 0 saturated carbocycles. The molecular formula is C12H8O6. The molecule has 0 spiro atoms. The average Bonchev–Trinajstić information content (AvgIpc) is 3.00. The third-order valence-electron chi connectivity index (χ3n) is 2.41. The molecule has 0 fully saturated rings. The predicted octanol–water partition coefficient (Wildman–Crippen LogP) is 1.87. The van der Waals surface area contributed by atoms with Crippen LogP contribution in [0.1, 0.15) is 21.1 Å². The van der Waals surface area contributed by atoms with Crippen molar-refractivity contribution in [1.82, 2.24) is 0 Å². The first-order valence-corrected chi connectivity index (χ1v) is 5.28. The van der Waals surface area contributed by atoms with Gasteiger partial charge in [-0.15, -0.1) is 0 Å². The topological polar surface area (TPSA) is 78.9 Å². The molecule has 6 heteroatoms. The summed E-state index contributed by atoms with van der Waals surface area (Å²) >= 11 is 0. The molecular weight excluding hydrogens is 240 g/mol. The fourth-order valence-electron chi connectivity index (χ4n) is 1.57. The van der Waals surface area contributed by atoms with Crippen LogP contribution in [0.3, 0.4) is 0 Å². The van der Waals surface area contributed by atoms with Crippen molar-refractivity contribution in [1.29, 1.82) is 0 Å². The minimum atomic E-state index is -0.607. The number of ether oxygens (including phenoxy) is 2. The highest BCUT2D eigenvalue weighted by atomic mass is 16.6. The Balaban J connectivity index is 2.04. The van der Waals surface area contributed by atoms with E-state index in [0.717, 1.165) is 0 Å². The van der Waals surface area contributed by atoms with Gasteiger partial charge in [0.15, 0.2) is 11.5 Å². The molecule has 1 aliphatic rings. The lowest BCUT2D eigenvalue weighted by Gasteiger charge is -2.04. The van der Waals surface area contributed by atoms with Gasteiger partial charge in [-0.05, 0) is 24.3 Å². The van der Waals surface area contributed by atoms with E-state index >= 15 is 0 Å². The van der Waals surface area contributed by atoms with E-state index in [1.54, 1.807) is 12.1 Å². The minimum absolute atomic E-state index is 0.0336. The Hall–Kier alpha value is -2.50. The lowest BCUT2D eigenvalue weighted by atomic mass is 10.3. The van der Waals surface area contributed by atoms with Crippen LogP contribution in [0.2, 0.25) is 0 Å². The molecule has 0 aromatic carbocycles. The number of esters is 2. The van der Waals surface area contributed by atoms with E-state index in [9.17, 15) is 9.59 Å². The second kappa shape index (κ2) is 4.06. The van der Waals surface area contributed by atoms with Crippen molar-refractivity contribution in [3.8, 4) is 11.5 Å². The van der Waals surface area contributed by atoms with E-state index in [2.05, 4.69) is 0 Å². The summed E-state index contributed by atoms with van der Waals surface area (Å²) in [5.74, 6) is -0.359. The van der Waals surface area contributed by atoms with Gasteiger partial charge < -0.3 is 18.3 Å². The smallest absolute Gasteiger partial charge is 0.374 e. The van der Waals surface area contributed by atoms with Crippen LogP contribution in [0.15, 0.2) is 33.1 Å². The highest BCUT2D eigenvalue weighted by molar-refractivity contribution is 5.88. The third-order valence-corrected chi connectivity index (χ3v) is 2.41. The molecule has 1 aliphatic heterocycles. The highest BCUT2D eigenvalue weighted by Crippen LogP contribution is 2.25. The first-order valence-electron chi connectivity index (χ1n) is 5.28. The molecule has 2 aromatic rings. The van der Waals surface area contributed by atoms with Crippen molar-refractivity contribution in [3.63, 3.8) is 0 Å². The maximum Gasteiger partial charge on any atom is 0.374 e. The first-order chi connectivity index (χ1) is 8.74. The maximum absolute atomic E-state index is 11.5. The molecule has 0 saturated heterocycles. The quantitative estimate of drug-likeness (QED) is 0.662. The zero-order chi connectivity index (χ0) is 12.5. The average molecular weight is 248 g/mol. The fourth-order valence-corrected chi connectivity index (χ4v) is 1.57. The Bertz CT molecular complexity index is 551. The van der Waals surface area contributed by atoms with Gasteiger partial charge >= 0.3 is 11.9 Å². The van der Waals surface area contributed by atoms with Crippen molar-refractivity contribution >= 4 is 11.9 Å². The number of rotatable bonds is 0. The molecule has 3 rings (SSSR count). The van der Waals surface area contributed by atoms with Crippen LogP contribution in [0.5, 0.6) is 0 Å². The summed E-state index contributed by atoms with van der Waals surface area (Å²) < 4.78 is 20.3. The molecule has 0 aliphatic carbocycles. The predicted molar refractivity (Wildman–Crippen MR) is 57.0 cm³/mol. The van der Waals surface area contributed by atoms with Gasteiger partial charge in [-0.3, -0.25) is 0 Å². The SMILES string of the molecule is O=C1OCCOC(=O)c2ccc(o2)-c2ccc1o2. The molecule has 18 heavy (non-hydrogen) atoms. The number of hydrogen-bond acceptors (Lipinski definition) is 6. The van der Waals surface area contributed by atoms with Crippen LogP contribution in [0.25, 0.3) is 11.5 Å². The standard InChI is InChI=1S/C12H8O6/c13-11-9-3-1-7(17-9)8-2-4-10(18-8)12(14)16-6-5-15-11/h1-4H,5-6H2. The molecule has 0 N–H and O–H groups in total. The molecule has 92 valence electrons. The highest BCUT2D eigenvalue weighted by Gasteiger charge is 2.19. The number of hydrogen-bond donors (Lipinski definition) is 0. The number of fused-ring (bicyclic) bond motifs is 5. The van der Waals surface area contributed by atoms with Gasteiger partial charge in [-0.2, -0.15) is 0 Å². The van der Waals surface area contributed by atoms with Gasteiger partial charge in [0.25, 0.3) is 0 Å². The van der Waals surface area contributed by atoms with E-state index in [1.165, 1.54) is 12.1 Å². The first kappa shape index (κ1) is 10.6. The summed E-state index contributed by atoms with van der Waals surface area (Å²) in [6.07, 6.45) is 0. The molecule has 0 unspecified atom stereocenters. The van der Waals surface area contributed by atoms with E-state index in [0.29, 0.717) is 11.5 Å². The third kappa shape index (κ3) is 1.77. The summed E-state index contributed by atoms with van der Waals surface area (Å²) in [7, 11) is 0. The van der Waals surface area contributed by atoms with Crippen molar-refractivity contribution in [2.45, 2.75) is 0 Å². The van der Waals surface area contributed by atoms with E-state index in [-0.39, 0.29) is 24.7 Å². The number of carbonyl (C=O) groups is 2.